The lowest BCUT2D eigenvalue weighted by molar-refractivity contribution is -0.139. The molecule has 0 fully saturated rings. The first-order valence-corrected chi connectivity index (χ1v) is 7.24. The van der Waals surface area contributed by atoms with Gasteiger partial charge in [-0.1, -0.05) is 0 Å². The van der Waals surface area contributed by atoms with E-state index in [0.717, 1.165) is 6.26 Å². The molecule has 18 heavy (non-hydrogen) atoms. The molecule has 0 heterocycles. The number of hydrogen-bond acceptors (Lipinski definition) is 5. The molecule has 0 rings (SSSR count). The molecule has 9 heteroatoms. The number of ether oxygens (including phenoxy) is 1. The molecule has 0 aliphatic carbocycles. The molecule has 1 unspecified atom stereocenters. The Morgan fingerprint density at radius 2 is 1.94 bits per heavy atom. The fourth-order valence-electron chi connectivity index (χ4n) is 1.05. The number of carbonyl (C=O) groups excluding carboxylic acids is 1. The summed E-state index contributed by atoms with van der Waals surface area (Å²) in [4.78, 5) is 21.6. The third kappa shape index (κ3) is 9.85. The Balaban J connectivity index is 3.84. The van der Waals surface area contributed by atoms with Gasteiger partial charge in [0.25, 0.3) is 0 Å². The van der Waals surface area contributed by atoms with Gasteiger partial charge in [0.1, 0.15) is 9.84 Å². The first-order valence-electron chi connectivity index (χ1n) is 5.18. The van der Waals surface area contributed by atoms with Gasteiger partial charge < -0.3 is 20.5 Å². The maximum atomic E-state index is 11.2. The minimum atomic E-state index is -3.12. The molecule has 0 aromatic carbocycles. The van der Waals surface area contributed by atoms with E-state index in [1.165, 1.54) is 7.11 Å². The van der Waals surface area contributed by atoms with E-state index in [4.69, 9.17) is 9.84 Å². The van der Waals surface area contributed by atoms with Crippen LogP contribution in [0.15, 0.2) is 0 Å². The van der Waals surface area contributed by atoms with Crippen LogP contribution in [0.3, 0.4) is 0 Å². The number of urea groups is 1. The number of hydrogen-bond donors (Lipinski definition) is 3. The van der Waals surface area contributed by atoms with Crippen molar-refractivity contribution in [3.8, 4) is 0 Å². The van der Waals surface area contributed by atoms with Crippen molar-refractivity contribution in [1.82, 2.24) is 10.6 Å². The Kier molecular flexibility index (Phi) is 7.29. The molecule has 8 nitrogen and oxygen atoms in total. The highest BCUT2D eigenvalue weighted by Gasteiger charge is 2.13. The Morgan fingerprint density at radius 1 is 1.33 bits per heavy atom. The summed E-state index contributed by atoms with van der Waals surface area (Å²) >= 11 is 0. The van der Waals surface area contributed by atoms with Crippen LogP contribution in [-0.4, -0.2) is 63.8 Å². The summed E-state index contributed by atoms with van der Waals surface area (Å²) in [6.07, 6.45) is 0.226. The number of carboxylic acids is 1. The molecular formula is C9H18N2O6S. The van der Waals surface area contributed by atoms with Crippen molar-refractivity contribution in [2.24, 2.45) is 0 Å². The maximum Gasteiger partial charge on any atom is 0.314 e. The Hall–Kier alpha value is -1.35. The average molecular weight is 282 g/mol. The minimum absolute atomic E-state index is 0.00124. The lowest BCUT2D eigenvalue weighted by atomic mass is 10.2. The van der Waals surface area contributed by atoms with E-state index in [9.17, 15) is 18.0 Å². The van der Waals surface area contributed by atoms with Crippen molar-refractivity contribution >= 4 is 21.8 Å². The summed E-state index contributed by atoms with van der Waals surface area (Å²) in [5, 5.41) is 13.3. The van der Waals surface area contributed by atoms with Gasteiger partial charge >= 0.3 is 12.0 Å². The van der Waals surface area contributed by atoms with E-state index < -0.39 is 27.9 Å². The van der Waals surface area contributed by atoms with Gasteiger partial charge in [0, 0.05) is 26.5 Å². The monoisotopic (exact) mass is 282 g/mol. The second-order valence-corrected chi connectivity index (χ2v) is 5.98. The summed E-state index contributed by atoms with van der Waals surface area (Å²) in [5.41, 5.74) is 0. The molecule has 2 amide bonds. The number of carboxylic acid groups (broad SMARTS) is 1. The third-order valence-corrected chi connectivity index (χ3v) is 2.93. The number of nitrogens with one attached hydrogen (secondary N) is 2. The standard InChI is InChI=1S/C9H18N2O6S/c1-17-7(5-8(12)13)6-11-9(14)10-3-4-18(2,15)16/h7H,3-6H2,1-2H3,(H,12,13)(H2,10,11,14). The van der Waals surface area contributed by atoms with Gasteiger partial charge in [-0.15, -0.1) is 0 Å². The van der Waals surface area contributed by atoms with E-state index in [-0.39, 0.29) is 25.3 Å². The Labute approximate surface area is 106 Å². The highest BCUT2D eigenvalue weighted by molar-refractivity contribution is 7.90. The van der Waals surface area contributed by atoms with Crippen LogP contribution in [0.5, 0.6) is 0 Å². The molecule has 0 bridgehead atoms. The largest absolute Gasteiger partial charge is 0.481 e. The van der Waals surface area contributed by atoms with Crippen LogP contribution < -0.4 is 10.6 Å². The lowest BCUT2D eigenvalue weighted by Gasteiger charge is -2.14. The van der Waals surface area contributed by atoms with Gasteiger partial charge in [-0.2, -0.15) is 0 Å². The van der Waals surface area contributed by atoms with E-state index in [2.05, 4.69) is 10.6 Å². The summed E-state index contributed by atoms with van der Waals surface area (Å²) in [7, 11) is -1.77. The first-order chi connectivity index (χ1) is 8.24. The maximum absolute atomic E-state index is 11.2. The van der Waals surface area contributed by atoms with Gasteiger partial charge in [-0.25, -0.2) is 13.2 Å². The summed E-state index contributed by atoms with van der Waals surface area (Å²) in [5.74, 6) is -1.18. The number of aliphatic carboxylic acids is 1. The molecule has 3 N–H and O–H groups in total. The molecule has 0 aliphatic rings. The SMILES string of the molecule is COC(CNC(=O)NCCS(C)(=O)=O)CC(=O)O. The van der Waals surface area contributed by atoms with Crippen LogP contribution in [0.1, 0.15) is 6.42 Å². The molecule has 0 spiro atoms. The van der Waals surface area contributed by atoms with Crippen LogP contribution in [0, 0.1) is 0 Å². The average Bonchev–Trinajstić information content (AvgIpc) is 2.21. The van der Waals surface area contributed by atoms with Crippen molar-refractivity contribution in [2.75, 3.05) is 32.2 Å². The minimum Gasteiger partial charge on any atom is -0.481 e. The molecule has 0 aliphatic heterocycles. The van der Waals surface area contributed by atoms with Crippen molar-refractivity contribution in [2.45, 2.75) is 12.5 Å². The van der Waals surface area contributed by atoms with Gasteiger partial charge in [-0.3, -0.25) is 4.79 Å². The zero-order valence-corrected chi connectivity index (χ0v) is 11.1. The van der Waals surface area contributed by atoms with Crippen LogP contribution in [-0.2, 0) is 19.4 Å². The number of sulfone groups is 1. The van der Waals surface area contributed by atoms with Crippen LogP contribution >= 0.6 is 0 Å². The molecule has 106 valence electrons. The number of rotatable bonds is 8. The first kappa shape index (κ1) is 16.6. The molecular weight excluding hydrogens is 264 g/mol. The predicted octanol–water partition coefficient (Wildman–Crippen LogP) is -1.18. The van der Waals surface area contributed by atoms with Crippen LogP contribution in [0.4, 0.5) is 4.79 Å². The van der Waals surface area contributed by atoms with Gasteiger partial charge in [0.15, 0.2) is 0 Å². The molecule has 0 aromatic rings. The topological polar surface area (TPSA) is 122 Å². The second kappa shape index (κ2) is 7.88. The highest BCUT2D eigenvalue weighted by Crippen LogP contribution is 1.95. The normalized spacial score (nSPS) is 12.8. The smallest absolute Gasteiger partial charge is 0.314 e. The molecule has 0 radical (unpaired) electrons. The highest BCUT2D eigenvalue weighted by atomic mass is 32.2. The van der Waals surface area contributed by atoms with Crippen molar-refractivity contribution in [3.05, 3.63) is 0 Å². The van der Waals surface area contributed by atoms with E-state index in [0.29, 0.717) is 0 Å². The zero-order chi connectivity index (χ0) is 14.2. The number of amides is 2. The van der Waals surface area contributed by atoms with Crippen LogP contribution in [0.2, 0.25) is 0 Å². The third-order valence-electron chi connectivity index (χ3n) is 1.98. The van der Waals surface area contributed by atoms with Crippen LogP contribution in [0.25, 0.3) is 0 Å². The molecule has 0 saturated heterocycles. The van der Waals surface area contributed by atoms with E-state index in [1.54, 1.807) is 0 Å². The fraction of sp³-hybridized carbons (Fsp3) is 0.778. The van der Waals surface area contributed by atoms with Gasteiger partial charge in [0.05, 0.1) is 18.3 Å². The number of methoxy groups -OCH3 is 1. The Morgan fingerprint density at radius 3 is 2.39 bits per heavy atom. The molecule has 0 aromatic heterocycles. The summed E-state index contributed by atoms with van der Waals surface area (Å²) in [6.45, 7) is 0.0365. The fourth-order valence-corrected chi connectivity index (χ4v) is 1.53. The van der Waals surface area contributed by atoms with Gasteiger partial charge in [-0.05, 0) is 0 Å². The van der Waals surface area contributed by atoms with Gasteiger partial charge in [0.2, 0.25) is 0 Å². The zero-order valence-electron chi connectivity index (χ0n) is 10.3. The quantitative estimate of drug-likeness (QED) is 0.515. The Bertz CT molecular complexity index is 381. The van der Waals surface area contributed by atoms with Crippen molar-refractivity contribution in [1.29, 1.82) is 0 Å². The van der Waals surface area contributed by atoms with Crippen molar-refractivity contribution < 1.29 is 27.9 Å². The molecule has 0 saturated carbocycles. The second-order valence-electron chi connectivity index (χ2n) is 3.72. The number of carbonyl (C=O) groups is 2. The summed E-state index contributed by atoms with van der Waals surface area (Å²) < 4.78 is 26.4. The lowest BCUT2D eigenvalue weighted by Crippen LogP contribution is -2.42. The molecule has 1 atom stereocenters. The summed E-state index contributed by atoms with van der Waals surface area (Å²) in [6, 6.07) is -0.564. The van der Waals surface area contributed by atoms with E-state index in [1.807, 2.05) is 0 Å². The van der Waals surface area contributed by atoms with E-state index >= 15 is 0 Å². The van der Waals surface area contributed by atoms with Crippen molar-refractivity contribution in [3.63, 3.8) is 0 Å². The predicted molar refractivity (Wildman–Crippen MR) is 64.2 cm³/mol.